The quantitative estimate of drug-likeness (QED) is 0.370. The highest BCUT2D eigenvalue weighted by atomic mass is 16.1. The summed E-state index contributed by atoms with van der Waals surface area (Å²) >= 11 is 0. The largest absolute Gasteiger partial charge is 0.347 e. The lowest BCUT2D eigenvalue weighted by Gasteiger charge is -2.12. The van der Waals surface area contributed by atoms with Crippen LogP contribution in [0.1, 0.15) is 51.3 Å². The molecule has 0 unspecified atom stereocenters. The molecule has 28 heavy (non-hydrogen) atoms. The van der Waals surface area contributed by atoms with Crippen molar-refractivity contribution in [3.63, 3.8) is 0 Å². The van der Waals surface area contributed by atoms with Crippen molar-refractivity contribution in [1.29, 1.82) is 0 Å². The SMILES string of the molecule is C=CN=C(C)N=C(/C=C(\C)C(=C)C)C(=O)NCc1ccc(CC(C)C)c(C)c1. The normalized spacial score (nSPS) is 12.9. The number of benzene rings is 1. The molecule has 1 amide bonds. The third-order valence-electron chi connectivity index (χ3n) is 4.31. The number of rotatable bonds is 8. The minimum Gasteiger partial charge on any atom is -0.347 e. The number of carbonyl (C=O) groups excluding carboxylic acids is 1. The standard InChI is InChI=1S/C24H33N3O/c1-9-25-20(8)27-23(14-18(6)17(4)5)24(28)26-15-21-10-11-22(12-16(2)3)19(7)13-21/h9-11,13-14,16H,1,4,12,15H2,2-3,5-8H3,(H,26,28)/b18-14+,25-20?,27-23?. The fraction of sp³-hybridized carbons (Fsp3) is 0.375. The number of aliphatic imine (C=N–C) groups is 2. The molecule has 0 bridgehead atoms. The molecular weight excluding hydrogens is 346 g/mol. The average molecular weight is 380 g/mol. The molecule has 1 aromatic rings. The topological polar surface area (TPSA) is 53.8 Å². The highest BCUT2D eigenvalue weighted by molar-refractivity contribution is 6.45. The van der Waals surface area contributed by atoms with Crippen LogP contribution in [0.3, 0.4) is 0 Å². The van der Waals surface area contributed by atoms with E-state index in [1.165, 1.54) is 17.3 Å². The third kappa shape index (κ3) is 7.87. The Bertz CT molecular complexity index is 826. The molecule has 1 N–H and O–H groups in total. The fourth-order valence-electron chi connectivity index (χ4n) is 2.62. The van der Waals surface area contributed by atoms with Gasteiger partial charge in [-0.15, -0.1) is 0 Å². The minimum absolute atomic E-state index is 0.247. The molecule has 1 rings (SSSR count). The van der Waals surface area contributed by atoms with E-state index in [4.69, 9.17) is 0 Å². The van der Waals surface area contributed by atoms with E-state index in [2.05, 4.69) is 67.4 Å². The number of nitrogens with one attached hydrogen (secondary N) is 1. The van der Waals surface area contributed by atoms with Crippen LogP contribution in [0.25, 0.3) is 0 Å². The Morgan fingerprint density at radius 1 is 1.25 bits per heavy atom. The molecule has 4 heteroatoms. The van der Waals surface area contributed by atoms with Crippen molar-refractivity contribution in [2.75, 3.05) is 0 Å². The number of allylic oxidation sites excluding steroid dienone is 2. The Morgan fingerprint density at radius 2 is 1.93 bits per heavy atom. The molecule has 0 aliphatic heterocycles. The molecule has 4 nitrogen and oxygen atoms in total. The predicted molar refractivity (Wildman–Crippen MR) is 121 cm³/mol. The van der Waals surface area contributed by atoms with Crippen LogP contribution in [0.15, 0.2) is 64.8 Å². The summed E-state index contributed by atoms with van der Waals surface area (Å²) < 4.78 is 0. The Hall–Kier alpha value is -2.75. The first-order valence-electron chi connectivity index (χ1n) is 9.58. The number of amides is 1. The number of hydrogen-bond donors (Lipinski definition) is 1. The summed E-state index contributed by atoms with van der Waals surface area (Å²) in [5, 5.41) is 2.95. The average Bonchev–Trinajstić information content (AvgIpc) is 2.60. The Morgan fingerprint density at radius 3 is 2.46 bits per heavy atom. The Balaban J connectivity index is 2.98. The van der Waals surface area contributed by atoms with Crippen molar-refractivity contribution in [2.45, 2.75) is 54.5 Å². The zero-order valence-electron chi connectivity index (χ0n) is 18.1. The summed E-state index contributed by atoms with van der Waals surface area (Å²) in [6, 6.07) is 6.35. The van der Waals surface area contributed by atoms with Gasteiger partial charge in [-0.05, 0) is 68.4 Å². The summed E-state index contributed by atoms with van der Waals surface area (Å²) in [6.07, 6.45) is 4.20. The van der Waals surface area contributed by atoms with Gasteiger partial charge in [-0.3, -0.25) is 4.79 Å². The number of hydrogen-bond acceptors (Lipinski definition) is 2. The predicted octanol–water partition coefficient (Wildman–Crippen LogP) is 5.34. The summed E-state index contributed by atoms with van der Waals surface area (Å²) in [7, 11) is 0. The number of carbonyl (C=O) groups is 1. The van der Waals surface area contributed by atoms with E-state index in [0.29, 0.717) is 24.0 Å². The second-order valence-electron chi connectivity index (χ2n) is 7.51. The smallest absolute Gasteiger partial charge is 0.270 e. The maximum Gasteiger partial charge on any atom is 0.270 e. The van der Waals surface area contributed by atoms with Crippen LogP contribution in [-0.2, 0) is 17.8 Å². The Kier molecular flexibility index (Phi) is 9.29. The van der Waals surface area contributed by atoms with Crippen LogP contribution in [0.5, 0.6) is 0 Å². The second kappa shape index (κ2) is 11.2. The van der Waals surface area contributed by atoms with Crippen LogP contribution >= 0.6 is 0 Å². The summed E-state index contributed by atoms with van der Waals surface area (Å²) in [6.45, 7) is 20.0. The van der Waals surface area contributed by atoms with Crippen LogP contribution < -0.4 is 5.32 Å². The zero-order chi connectivity index (χ0) is 21.3. The lowest BCUT2D eigenvalue weighted by atomic mass is 9.97. The van der Waals surface area contributed by atoms with Gasteiger partial charge in [0, 0.05) is 12.7 Å². The Labute approximate surface area is 169 Å². The van der Waals surface area contributed by atoms with E-state index in [-0.39, 0.29) is 5.91 Å². The lowest BCUT2D eigenvalue weighted by Crippen LogP contribution is -2.30. The van der Waals surface area contributed by atoms with E-state index in [1.54, 1.807) is 13.0 Å². The molecule has 0 aliphatic rings. The second-order valence-corrected chi connectivity index (χ2v) is 7.51. The number of amidine groups is 1. The van der Waals surface area contributed by atoms with Gasteiger partial charge < -0.3 is 5.32 Å². The molecule has 0 spiro atoms. The van der Waals surface area contributed by atoms with Crippen molar-refractivity contribution in [3.05, 3.63) is 71.5 Å². The van der Waals surface area contributed by atoms with Crippen molar-refractivity contribution < 1.29 is 4.79 Å². The maximum atomic E-state index is 12.7. The van der Waals surface area contributed by atoms with Crippen LogP contribution in [0, 0.1) is 12.8 Å². The highest BCUT2D eigenvalue weighted by Crippen LogP contribution is 2.15. The van der Waals surface area contributed by atoms with Gasteiger partial charge >= 0.3 is 0 Å². The van der Waals surface area contributed by atoms with Gasteiger partial charge in [0.15, 0.2) is 0 Å². The summed E-state index contributed by atoms with van der Waals surface area (Å²) in [4.78, 5) is 21.1. The monoisotopic (exact) mass is 379 g/mol. The molecule has 0 fully saturated rings. The lowest BCUT2D eigenvalue weighted by molar-refractivity contribution is -0.114. The maximum absolute atomic E-state index is 12.7. The van der Waals surface area contributed by atoms with E-state index < -0.39 is 0 Å². The van der Waals surface area contributed by atoms with E-state index in [1.807, 2.05) is 13.8 Å². The van der Waals surface area contributed by atoms with Crippen LogP contribution in [0.4, 0.5) is 0 Å². The van der Waals surface area contributed by atoms with Gasteiger partial charge in [-0.2, -0.15) is 0 Å². The molecule has 0 heterocycles. The molecule has 150 valence electrons. The highest BCUT2D eigenvalue weighted by Gasteiger charge is 2.11. The zero-order valence-corrected chi connectivity index (χ0v) is 18.1. The van der Waals surface area contributed by atoms with Crippen molar-refractivity contribution >= 4 is 17.5 Å². The van der Waals surface area contributed by atoms with Gasteiger partial charge in [0.1, 0.15) is 11.5 Å². The van der Waals surface area contributed by atoms with Gasteiger partial charge in [0.05, 0.1) is 0 Å². The molecule has 0 saturated heterocycles. The molecule has 1 aromatic carbocycles. The van der Waals surface area contributed by atoms with Crippen molar-refractivity contribution in [3.8, 4) is 0 Å². The van der Waals surface area contributed by atoms with E-state index in [0.717, 1.165) is 23.1 Å². The summed E-state index contributed by atoms with van der Waals surface area (Å²) in [5.74, 6) is 0.842. The first kappa shape index (κ1) is 23.3. The molecular formula is C24H33N3O. The minimum atomic E-state index is -0.247. The van der Waals surface area contributed by atoms with E-state index in [9.17, 15) is 4.79 Å². The van der Waals surface area contributed by atoms with Gasteiger partial charge in [0.2, 0.25) is 0 Å². The number of nitrogens with zero attached hydrogens (tertiary/aromatic N) is 2. The number of aryl methyl sites for hydroxylation is 1. The van der Waals surface area contributed by atoms with Crippen LogP contribution in [0.2, 0.25) is 0 Å². The third-order valence-corrected chi connectivity index (χ3v) is 4.31. The first-order chi connectivity index (χ1) is 13.1. The van der Waals surface area contributed by atoms with Crippen molar-refractivity contribution in [1.82, 2.24) is 5.32 Å². The molecule has 0 aromatic heterocycles. The summed E-state index contributed by atoms with van der Waals surface area (Å²) in [5.41, 5.74) is 5.75. The van der Waals surface area contributed by atoms with Gasteiger partial charge in [-0.25, -0.2) is 9.98 Å². The van der Waals surface area contributed by atoms with Gasteiger partial charge in [0.25, 0.3) is 5.91 Å². The van der Waals surface area contributed by atoms with Crippen molar-refractivity contribution in [2.24, 2.45) is 15.9 Å². The molecule has 0 aliphatic carbocycles. The van der Waals surface area contributed by atoms with Gasteiger partial charge in [-0.1, -0.05) is 50.8 Å². The van der Waals surface area contributed by atoms with E-state index >= 15 is 0 Å². The molecule has 0 radical (unpaired) electrons. The first-order valence-corrected chi connectivity index (χ1v) is 9.58. The fourth-order valence-corrected chi connectivity index (χ4v) is 2.62. The van der Waals surface area contributed by atoms with Crippen LogP contribution in [-0.4, -0.2) is 17.5 Å². The molecule has 0 saturated carbocycles. The molecule has 0 atom stereocenters.